The molecule has 0 amide bonds. The summed E-state index contributed by atoms with van der Waals surface area (Å²) >= 11 is 0. The smallest absolute Gasteiger partial charge is 0.103 e. The summed E-state index contributed by atoms with van der Waals surface area (Å²) < 4.78 is 0. The molecule has 0 bridgehead atoms. The fourth-order valence-corrected chi connectivity index (χ4v) is 6.74. The molecular weight excluding hydrogens is 524 g/mol. The van der Waals surface area contributed by atoms with Gasteiger partial charge in [0.1, 0.15) is 31.4 Å². The van der Waals surface area contributed by atoms with Crippen LogP contribution in [0.5, 0.6) is 0 Å². The Morgan fingerprint density at radius 3 is 1.39 bits per heavy atom. The standard InChI is InChI=1S/C40H22B4/c41-35-19-31-33(21-37(35)43)40(29-16-8-13-23-11-4-6-14-27(23)29)34-22-38(44)36(42)20-32(34)39(31)26-17-25-12-5-7-15-28(25)30(18-26)24-9-2-1-3-10-24/h1-22H. The second-order valence-corrected chi connectivity index (χ2v) is 11.4. The van der Waals surface area contributed by atoms with E-state index in [-0.39, 0.29) is 0 Å². The molecule has 0 aliphatic rings. The first kappa shape index (κ1) is 26.7. The lowest BCUT2D eigenvalue weighted by Gasteiger charge is -2.22. The van der Waals surface area contributed by atoms with Crippen molar-refractivity contribution in [3.8, 4) is 33.4 Å². The van der Waals surface area contributed by atoms with Crippen LogP contribution in [0.2, 0.25) is 0 Å². The first-order chi connectivity index (χ1) is 21.5. The van der Waals surface area contributed by atoms with Crippen molar-refractivity contribution < 1.29 is 0 Å². The molecule has 0 saturated heterocycles. The van der Waals surface area contributed by atoms with E-state index in [9.17, 15) is 0 Å². The van der Waals surface area contributed by atoms with Crippen molar-refractivity contribution >= 4 is 96.3 Å². The van der Waals surface area contributed by atoms with Crippen LogP contribution in [-0.4, -0.2) is 31.4 Å². The second kappa shape index (κ2) is 10.4. The Morgan fingerprint density at radius 1 is 0.295 bits per heavy atom. The SMILES string of the molecule is [B]c1cc2c(-c3cc(-c4ccccc4)c4ccccc4c3)c3cc([B])c([B])cc3c(-c3cccc4ccccc34)c2cc1[B]. The summed E-state index contributed by atoms with van der Waals surface area (Å²) in [5, 5.41) is 8.67. The summed E-state index contributed by atoms with van der Waals surface area (Å²) in [5.74, 6) is 0. The van der Waals surface area contributed by atoms with Crippen LogP contribution in [-0.2, 0) is 0 Å². The zero-order valence-electron chi connectivity index (χ0n) is 24.0. The third-order valence-electron chi connectivity index (χ3n) is 8.82. The van der Waals surface area contributed by atoms with Crippen LogP contribution in [0.3, 0.4) is 0 Å². The van der Waals surface area contributed by atoms with Crippen LogP contribution < -0.4 is 21.9 Å². The molecule has 0 fully saturated rings. The maximum absolute atomic E-state index is 6.55. The van der Waals surface area contributed by atoms with Gasteiger partial charge in [-0.15, -0.1) is 21.9 Å². The minimum absolute atomic E-state index is 0.537. The molecule has 0 N–H and O–H groups in total. The normalized spacial score (nSPS) is 11.5. The van der Waals surface area contributed by atoms with Gasteiger partial charge in [0.2, 0.25) is 0 Å². The fraction of sp³-hybridized carbons (Fsp3) is 0. The second-order valence-electron chi connectivity index (χ2n) is 11.4. The number of rotatable bonds is 3. The highest BCUT2D eigenvalue weighted by Gasteiger charge is 2.20. The minimum atomic E-state index is 0.537. The molecule has 194 valence electrons. The molecule has 0 unspecified atom stereocenters. The zero-order chi connectivity index (χ0) is 29.9. The van der Waals surface area contributed by atoms with E-state index in [1.54, 1.807) is 0 Å². The van der Waals surface area contributed by atoms with Gasteiger partial charge in [-0.2, -0.15) is 0 Å². The first-order valence-electron chi connectivity index (χ1n) is 14.7. The molecule has 4 heteroatoms. The minimum Gasteiger partial charge on any atom is -0.103 e. The van der Waals surface area contributed by atoms with Crippen molar-refractivity contribution in [1.29, 1.82) is 0 Å². The molecule has 8 radical (unpaired) electrons. The van der Waals surface area contributed by atoms with E-state index in [0.29, 0.717) is 21.9 Å². The summed E-state index contributed by atoms with van der Waals surface area (Å²) in [6.07, 6.45) is 0. The molecule has 0 heterocycles. The molecule has 8 aromatic rings. The number of hydrogen-bond donors (Lipinski definition) is 0. The first-order valence-corrected chi connectivity index (χ1v) is 14.7. The van der Waals surface area contributed by atoms with Crippen molar-refractivity contribution in [2.45, 2.75) is 0 Å². The van der Waals surface area contributed by atoms with E-state index >= 15 is 0 Å². The Kier molecular flexibility index (Phi) is 6.27. The van der Waals surface area contributed by atoms with Crippen molar-refractivity contribution in [1.82, 2.24) is 0 Å². The van der Waals surface area contributed by atoms with E-state index in [0.717, 1.165) is 71.1 Å². The Labute approximate surface area is 262 Å². The molecule has 0 aliphatic carbocycles. The maximum Gasteiger partial charge on any atom is 0.113 e. The zero-order valence-corrected chi connectivity index (χ0v) is 24.0. The van der Waals surface area contributed by atoms with Crippen LogP contribution in [0.1, 0.15) is 0 Å². The summed E-state index contributed by atoms with van der Waals surface area (Å²) in [5.41, 5.74) is 8.72. The van der Waals surface area contributed by atoms with Crippen LogP contribution in [0.25, 0.3) is 76.5 Å². The Morgan fingerprint density at radius 2 is 0.773 bits per heavy atom. The summed E-state index contributed by atoms with van der Waals surface area (Å²) in [7, 11) is 26.2. The van der Waals surface area contributed by atoms with E-state index in [1.165, 1.54) is 5.39 Å². The molecule has 44 heavy (non-hydrogen) atoms. The van der Waals surface area contributed by atoms with E-state index in [4.69, 9.17) is 31.4 Å². The number of fused-ring (bicyclic) bond motifs is 4. The van der Waals surface area contributed by atoms with Crippen molar-refractivity contribution in [3.05, 3.63) is 133 Å². The molecule has 8 aromatic carbocycles. The van der Waals surface area contributed by atoms with Gasteiger partial charge in [-0.05, 0) is 88.6 Å². The molecule has 0 saturated carbocycles. The highest BCUT2D eigenvalue weighted by molar-refractivity contribution is 6.51. The average molecular weight is 546 g/mol. The predicted molar refractivity (Wildman–Crippen MR) is 194 cm³/mol. The molecule has 0 atom stereocenters. The van der Waals surface area contributed by atoms with Crippen LogP contribution in [0, 0.1) is 0 Å². The molecule has 8 rings (SSSR count). The van der Waals surface area contributed by atoms with Gasteiger partial charge in [0.05, 0.1) is 0 Å². The van der Waals surface area contributed by atoms with Gasteiger partial charge in [0.25, 0.3) is 0 Å². The lowest BCUT2D eigenvalue weighted by molar-refractivity contribution is 1.64. The van der Waals surface area contributed by atoms with Crippen molar-refractivity contribution in [2.75, 3.05) is 0 Å². The summed E-state index contributed by atoms with van der Waals surface area (Å²) in [6.45, 7) is 0. The van der Waals surface area contributed by atoms with E-state index in [1.807, 2.05) is 30.3 Å². The maximum atomic E-state index is 6.55. The molecule has 0 aliphatic heterocycles. The third-order valence-corrected chi connectivity index (χ3v) is 8.82. The molecule has 0 nitrogen and oxygen atoms in total. The monoisotopic (exact) mass is 546 g/mol. The molecular formula is C40H22B4. The van der Waals surface area contributed by atoms with Crippen LogP contribution in [0.4, 0.5) is 0 Å². The van der Waals surface area contributed by atoms with Gasteiger partial charge in [-0.3, -0.25) is 0 Å². The lowest BCUT2D eigenvalue weighted by atomic mass is 9.73. The van der Waals surface area contributed by atoms with Gasteiger partial charge in [-0.25, -0.2) is 0 Å². The van der Waals surface area contributed by atoms with Gasteiger partial charge in [0, 0.05) is 0 Å². The quantitative estimate of drug-likeness (QED) is 0.176. The Bertz CT molecular complexity index is 2350. The third kappa shape index (κ3) is 4.20. The van der Waals surface area contributed by atoms with E-state index < -0.39 is 0 Å². The van der Waals surface area contributed by atoms with Crippen LogP contribution >= 0.6 is 0 Å². The Balaban J connectivity index is 1.59. The topological polar surface area (TPSA) is 0 Å². The Hall–Kier alpha value is -4.94. The number of hydrogen-bond acceptors (Lipinski definition) is 0. The lowest BCUT2D eigenvalue weighted by Crippen LogP contribution is -2.26. The van der Waals surface area contributed by atoms with Gasteiger partial charge in [-0.1, -0.05) is 121 Å². The van der Waals surface area contributed by atoms with Gasteiger partial charge < -0.3 is 0 Å². The average Bonchev–Trinajstić information content (AvgIpc) is 3.05. The van der Waals surface area contributed by atoms with Gasteiger partial charge in [0.15, 0.2) is 0 Å². The van der Waals surface area contributed by atoms with Crippen molar-refractivity contribution in [2.24, 2.45) is 0 Å². The molecule has 0 spiro atoms. The highest BCUT2D eigenvalue weighted by atomic mass is 14.2. The van der Waals surface area contributed by atoms with Crippen molar-refractivity contribution in [3.63, 3.8) is 0 Å². The van der Waals surface area contributed by atoms with Crippen LogP contribution in [0.15, 0.2) is 133 Å². The summed E-state index contributed by atoms with van der Waals surface area (Å²) in [6, 6.07) is 46.4. The highest BCUT2D eigenvalue weighted by Crippen LogP contribution is 2.46. The number of benzene rings is 8. The largest absolute Gasteiger partial charge is 0.113 e. The summed E-state index contributed by atoms with van der Waals surface area (Å²) in [4.78, 5) is 0. The van der Waals surface area contributed by atoms with E-state index in [2.05, 4.69) is 103 Å². The predicted octanol–water partition coefficient (Wildman–Crippen LogP) is 6.48. The van der Waals surface area contributed by atoms with Gasteiger partial charge >= 0.3 is 0 Å². The fourth-order valence-electron chi connectivity index (χ4n) is 6.74. The molecule has 0 aromatic heterocycles.